The van der Waals surface area contributed by atoms with Gasteiger partial charge in [0.05, 0.1) is 6.10 Å². The van der Waals surface area contributed by atoms with Gasteiger partial charge in [-0.3, -0.25) is 0 Å². The van der Waals surface area contributed by atoms with Gasteiger partial charge in [-0.15, -0.1) is 0 Å². The molecule has 3 atom stereocenters. The average molecular weight is 290 g/mol. The van der Waals surface area contributed by atoms with E-state index in [1.165, 1.54) is 23.2 Å². The fourth-order valence-corrected chi connectivity index (χ4v) is 3.21. The lowest BCUT2D eigenvalue weighted by atomic mass is 9.94. The van der Waals surface area contributed by atoms with Gasteiger partial charge in [0.25, 0.3) is 0 Å². The smallest absolute Gasteiger partial charge is 0.0772 e. The summed E-state index contributed by atoms with van der Waals surface area (Å²) in [6.07, 6.45) is 3.53. The molecule has 1 saturated heterocycles. The van der Waals surface area contributed by atoms with Gasteiger partial charge in [-0.1, -0.05) is 26.0 Å². The molecule has 1 fully saturated rings. The van der Waals surface area contributed by atoms with E-state index in [0.717, 1.165) is 25.9 Å². The fourth-order valence-electron chi connectivity index (χ4n) is 3.21. The van der Waals surface area contributed by atoms with Crippen LogP contribution in [0.4, 0.5) is 5.69 Å². The van der Waals surface area contributed by atoms with Crippen molar-refractivity contribution in [2.75, 3.05) is 25.1 Å². The second-order valence-corrected chi connectivity index (χ2v) is 6.48. The summed E-state index contributed by atoms with van der Waals surface area (Å²) < 4.78 is 5.63. The van der Waals surface area contributed by atoms with Crippen LogP contribution in [0, 0.1) is 12.8 Å². The molecule has 1 aromatic carbocycles. The van der Waals surface area contributed by atoms with Crippen molar-refractivity contribution < 1.29 is 4.74 Å². The van der Waals surface area contributed by atoms with E-state index in [0.29, 0.717) is 12.0 Å². The van der Waals surface area contributed by atoms with Crippen LogP contribution in [0.5, 0.6) is 0 Å². The molecule has 118 valence electrons. The van der Waals surface area contributed by atoms with E-state index in [1.54, 1.807) is 0 Å². The first-order valence-corrected chi connectivity index (χ1v) is 8.18. The highest BCUT2D eigenvalue weighted by molar-refractivity contribution is 5.55. The zero-order valence-corrected chi connectivity index (χ0v) is 13.9. The minimum atomic E-state index is 0.268. The molecular formula is C18H30N2O. The highest BCUT2D eigenvalue weighted by Gasteiger charge is 2.26. The van der Waals surface area contributed by atoms with Crippen molar-refractivity contribution in [1.29, 1.82) is 0 Å². The molecule has 1 aliphatic rings. The molecule has 0 saturated carbocycles. The monoisotopic (exact) mass is 290 g/mol. The number of nitrogens with zero attached hydrogens (tertiary/aromatic N) is 1. The summed E-state index contributed by atoms with van der Waals surface area (Å²) in [6, 6.07) is 7.06. The molecule has 0 aliphatic carbocycles. The molecule has 0 amide bonds. The molecule has 3 nitrogen and oxygen atoms in total. The van der Waals surface area contributed by atoms with Crippen LogP contribution in [0.3, 0.4) is 0 Å². The minimum absolute atomic E-state index is 0.268. The van der Waals surface area contributed by atoms with Crippen molar-refractivity contribution in [2.24, 2.45) is 11.7 Å². The van der Waals surface area contributed by atoms with Gasteiger partial charge in [-0.2, -0.15) is 0 Å². The molecule has 0 radical (unpaired) electrons. The van der Waals surface area contributed by atoms with E-state index in [4.69, 9.17) is 10.5 Å². The maximum Gasteiger partial charge on any atom is 0.0772 e. The predicted octanol–water partition coefficient (Wildman–Crippen LogP) is 3.14. The number of aryl methyl sites for hydroxylation is 1. The highest BCUT2D eigenvalue weighted by Crippen LogP contribution is 2.28. The summed E-state index contributed by atoms with van der Waals surface area (Å²) in [5.41, 5.74) is 10.1. The Kier molecular flexibility index (Phi) is 5.65. The Hall–Kier alpha value is -1.06. The largest absolute Gasteiger partial charge is 0.379 e. The van der Waals surface area contributed by atoms with Crippen molar-refractivity contribution in [3.8, 4) is 0 Å². The lowest BCUT2D eigenvalue weighted by Gasteiger charge is -2.38. The Labute approximate surface area is 129 Å². The number of methoxy groups -OCH3 is 1. The van der Waals surface area contributed by atoms with E-state index in [-0.39, 0.29) is 6.04 Å². The third-order valence-electron chi connectivity index (χ3n) is 4.82. The Morgan fingerprint density at radius 3 is 2.81 bits per heavy atom. The number of hydrogen-bond acceptors (Lipinski definition) is 3. The molecule has 0 aromatic heterocycles. The maximum atomic E-state index is 6.06. The zero-order valence-electron chi connectivity index (χ0n) is 13.9. The van der Waals surface area contributed by atoms with Crippen molar-refractivity contribution in [1.82, 2.24) is 0 Å². The van der Waals surface area contributed by atoms with Crippen molar-refractivity contribution in [2.45, 2.75) is 52.2 Å². The predicted molar refractivity (Wildman–Crippen MR) is 89.9 cm³/mol. The Balaban J connectivity index is 2.10. The summed E-state index contributed by atoms with van der Waals surface area (Å²) >= 11 is 0. The topological polar surface area (TPSA) is 38.5 Å². The van der Waals surface area contributed by atoms with Crippen LogP contribution in [0.15, 0.2) is 18.2 Å². The van der Waals surface area contributed by atoms with Gasteiger partial charge in [0.1, 0.15) is 0 Å². The molecule has 1 aliphatic heterocycles. The van der Waals surface area contributed by atoms with E-state index < -0.39 is 0 Å². The molecule has 3 unspecified atom stereocenters. The van der Waals surface area contributed by atoms with Crippen LogP contribution < -0.4 is 10.6 Å². The van der Waals surface area contributed by atoms with Crippen LogP contribution in [-0.2, 0) is 11.2 Å². The molecule has 21 heavy (non-hydrogen) atoms. The van der Waals surface area contributed by atoms with Crippen LogP contribution in [0.2, 0.25) is 0 Å². The van der Waals surface area contributed by atoms with Crippen LogP contribution in [-0.4, -0.2) is 32.3 Å². The van der Waals surface area contributed by atoms with Crippen molar-refractivity contribution >= 4 is 5.69 Å². The third-order valence-corrected chi connectivity index (χ3v) is 4.82. The van der Waals surface area contributed by atoms with Crippen molar-refractivity contribution in [3.05, 3.63) is 29.3 Å². The van der Waals surface area contributed by atoms with Crippen molar-refractivity contribution in [3.63, 3.8) is 0 Å². The quantitative estimate of drug-likeness (QED) is 0.905. The Morgan fingerprint density at radius 2 is 2.19 bits per heavy atom. The number of nitrogens with two attached hydrogens (primary N) is 1. The second kappa shape index (κ2) is 7.28. The van der Waals surface area contributed by atoms with Crippen LogP contribution in [0.1, 0.15) is 37.8 Å². The van der Waals surface area contributed by atoms with Gasteiger partial charge in [-0.25, -0.2) is 0 Å². The molecule has 0 spiro atoms. The van der Waals surface area contributed by atoms with E-state index in [2.05, 4.69) is 43.9 Å². The Morgan fingerprint density at radius 1 is 1.43 bits per heavy atom. The number of hydrogen-bond donors (Lipinski definition) is 1. The van der Waals surface area contributed by atoms with Gasteiger partial charge in [0, 0.05) is 31.9 Å². The first kappa shape index (κ1) is 16.3. The zero-order chi connectivity index (χ0) is 15.4. The lowest BCUT2D eigenvalue weighted by Crippen LogP contribution is -2.44. The Bertz CT molecular complexity index is 461. The molecule has 2 rings (SSSR count). The standard InChI is InChI=1S/C18H30N2O/c1-5-16(19)11-15-6-7-17(14(3)10-15)20-9-8-13(2)18(12-20)21-4/h6-7,10,13,16,18H,5,8-9,11-12,19H2,1-4H3. The first-order valence-electron chi connectivity index (χ1n) is 8.18. The first-order chi connectivity index (χ1) is 10.0. The number of anilines is 1. The van der Waals surface area contributed by atoms with Crippen LogP contribution >= 0.6 is 0 Å². The molecule has 1 heterocycles. The van der Waals surface area contributed by atoms with Gasteiger partial charge in [0.15, 0.2) is 0 Å². The summed E-state index contributed by atoms with van der Waals surface area (Å²) in [4.78, 5) is 2.47. The van der Waals surface area contributed by atoms with Gasteiger partial charge in [0.2, 0.25) is 0 Å². The molecule has 2 N–H and O–H groups in total. The number of benzene rings is 1. The normalized spacial score (nSPS) is 24.1. The lowest BCUT2D eigenvalue weighted by molar-refractivity contribution is 0.0498. The molecule has 3 heteroatoms. The van der Waals surface area contributed by atoms with Gasteiger partial charge >= 0.3 is 0 Å². The summed E-state index contributed by atoms with van der Waals surface area (Å²) in [5, 5.41) is 0. The summed E-state index contributed by atoms with van der Waals surface area (Å²) in [7, 11) is 1.83. The molecular weight excluding hydrogens is 260 g/mol. The fraction of sp³-hybridized carbons (Fsp3) is 0.667. The summed E-state index contributed by atoms with van der Waals surface area (Å²) in [6.45, 7) is 8.75. The average Bonchev–Trinajstić information content (AvgIpc) is 2.48. The van der Waals surface area contributed by atoms with Gasteiger partial charge < -0.3 is 15.4 Å². The van der Waals surface area contributed by atoms with E-state index in [1.807, 2.05) is 7.11 Å². The van der Waals surface area contributed by atoms with Crippen LogP contribution in [0.25, 0.3) is 0 Å². The van der Waals surface area contributed by atoms with E-state index in [9.17, 15) is 0 Å². The third kappa shape index (κ3) is 3.98. The molecule has 1 aromatic rings. The highest BCUT2D eigenvalue weighted by atomic mass is 16.5. The van der Waals surface area contributed by atoms with E-state index >= 15 is 0 Å². The minimum Gasteiger partial charge on any atom is -0.379 e. The second-order valence-electron chi connectivity index (χ2n) is 6.48. The SMILES string of the molecule is CCC(N)Cc1ccc(N2CCC(C)C(OC)C2)c(C)c1. The number of piperidine rings is 1. The summed E-state index contributed by atoms with van der Waals surface area (Å²) in [5.74, 6) is 0.647. The van der Waals surface area contributed by atoms with Gasteiger partial charge in [-0.05, 0) is 49.3 Å². The number of ether oxygens (including phenoxy) is 1. The molecule has 0 bridgehead atoms. The number of rotatable bonds is 5. The maximum absolute atomic E-state index is 6.06.